The van der Waals surface area contributed by atoms with Crippen LogP contribution in [0.1, 0.15) is 26.5 Å². The summed E-state index contributed by atoms with van der Waals surface area (Å²) in [6.45, 7) is 2.58. The predicted molar refractivity (Wildman–Crippen MR) is 121 cm³/mol. The lowest BCUT2D eigenvalue weighted by Gasteiger charge is -2.08. The highest BCUT2D eigenvalue weighted by atomic mass is 32.1. The fourth-order valence-electron chi connectivity index (χ4n) is 3.00. The van der Waals surface area contributed by atoms with Crippen molar-refractivity contribution < 1.29 is 9.53 Å². The number of aromatic nitrogens is 2. The minimum atomic E-state index is -0.239. The van der Waals surface area contributed by atoms with Crippen molar-refractivity contribution in [1.29, 1.82) is 0 Å². The highest BCUT2D eigenvalue weighted by Crippen LogP contribution is 2.22. The molecule has 0 aliphatic rings. The van der Waals surface area contributed by atoms with E-state index in [1.54, 1.807) is 19.2 Å². The van der Waals surface area contributed by atoms with E-state index in [2.05, 4.69) is 10.3 Å². The molecule has 2 aromatic carbocycles. The van der Waals surface area contributed by atoms with Crippen molar-refractivity contribution in [2.45, 2.75) is 20.1 Å². The number of rotatable bonds is 7. The number of hydrogen-bond donors (Lipinski definition) is 1. The van der Waals surface area contributed by atoms with Crippen LogP contribution < -0.4 is 15.6 Å². The van der Waals surface area contributed by atoms with E-state index in [4.69, 9.17) is 4.74 Å². The van der Waals surface area contributed by atoms with Gasteiger partial charge < -0.3 is 10.1 Å². The van der Waals surface area contributed by atoms with E-state index in [1.165, 1.54) is 22.0 Å². The van der Waals surface area contributed by atoms with E-state index in [0.29, 0.717) is 34.6 Å². The van der Waals surface area contributed by atoms with Gasteiger partial charge in [0, 0.05) is 12.6 Å². The monoisotopic (exact) mass is 431 g/mol. The van der Waals surface area contributed by atoms with Crippen LogP contribution in [0.3, 0.4) is 0 Å². The minimum Gasteiger partial charge on any atom is -0.487 e. The summed E-state index contributed by atoms with van der Waals surface area (Å²) in [5.74, 6) is 0.334. The molecule has 4 aromatic rings. The maximum Gasteiger partial charge on any atom is 0.263 e. The first-order valence-corrected chi connectivity index (χ1v) is 10.6. The van der Waals surface area contributed by atoms with Crippen LogP contribution in [0.5, 0.6) is 5.75 Å². The molecule has 2 heterocycles. The molecule has 4 rings (SSSR count). The average Bonchev–Trinajstić information content (AvgIpc) is 3.19. The SMILES string of the molecule is Cc1nc(-n2cc(OCc3ccccc3)ccc2=O)sc1C(=O)NCc1ccccc1. The van der Waals surface area contributed by atoms with E-state index >= 15 is 0 Å². The molecule has 0 aliphatic heterocycles. The quantitative estimate of drug-likeness (QED) is 0.478. The number of amides is 1. The summed E-state index contributed by atoms with van der Waals surface area (Å²) in [7, 11) is 0. The van der Waals surface area contributed by atoms with Crippen molar-refractivity contribution >= 4 is 17.2 Å². The summed E-state index contributed by atoms with van der Waals surface area (Å²) in [4.78, 5) is 30.0. The normalized spacial score (nSPS) is 10.6. The van der Waals surface area contributed by atoms with Gasteiger partial charge in [-0.25, -0.2) is 4.98 Å². The van der Waals surface area contributed by atoms with Gasteiger partial charge in [-0.2, -0.15) is 0 Å². The number of carbonyl (C=O) groups excluding carboxylic acids is 1. The second-order valence-electron chi connectivity index (χ2n) is 6.93. The van der Waals surface area contributed by atoms with Crippen molar-refractivity contribution in [2.24, 2.45) is 0 Å². The van der Waals surface area contributed by atoms with E-state index < -0.39 is 0 Å². The molecule has 0 bridgehead atoms. The molecule has 2 aromatic heterocycles. The van der Waals surface area contributed by atoms with Gasteiger partial charge in [-0.05, 0) is 24.1 Å². The van der Waals surface area contributed by atoms with Crippen LogP contribution >= 0.6 is 11.3 Å². The lowest BCUT2D eigenvalue weighted by atomic mass is 10.2. The van der Waals surface area contributed by atoms with Gasteiger partial charge in [-0.15, -0.1) is 0 Å². The van der Waals surface area contributed by atoms with E-state index in [0.717, 1.165) is 11.1 Å². The minimum absolute atomic E-state index is 0.213. The lowest BCUT2D eigenvalue weighted by molar-refractivity contribution is 0.0954. The van der Waals surface area contributed by atoms with Crippen LogP contribution in [0.25, 0.3) is 5.13 Å². The molecule has 0 atom stereocenters. The largest absolute Gasteiger partial charge is 0.487 e. The molecule has 0 fully saturated rings. The van der Waals surface area contributed by atoms with Gasteiger partial charge in [0.15, 0.2) is 5.13 Å². The third-order valence-electron chi connectivity index (χ3n) is 4.63. The lowest BCUT2D eigenvalue weighted by Crippen LogP contribution is -2.22. The van der Waals surface area contributed by atoms with Crippen LogP contribution in [0.15, 0.2) is 83.8 Å². The maximum atomic E-state index is 12.6. The Labute approximate surface area is 183 Å². The number of benzene rings is 2. The molecule has 0 saturated heterocycles. The Morgan fingerprint density at radius 1 is 1.00 bits per heavy atom. The molecular weight excluding hydrogens is 410 g/mol. The van der Waals surface area contributed by atoms with Crippen LogP contribution in [-0.2, 0) is 13.2 Å². The first kappa shape index (κ1) is 20.6. The van der Waals surface area contributed by atoms with Crippen molar-refractivity contribution in [3.63, 3.8) is 0 Å². The van der Waals surface area contributed by atoms with Crippen molar-refractivity contribution in [1.82, 2.24) is 14.9 Å². The Kier molecular flexibility index (Phi) is 6.24. The van der Waals surface area contributed by atoms with Crippen LogP contribution in [-0.4, -0.2) is 15.5 Å². The molecule has 0 aliphatic carbocycles. The van der Waals surface area contributed by atoms with Crippen LogP contribution in [0, 0.1) is 6.92 Å². The topological polar surface area (TPSA) is 73.2 Å². The molecule has 0 unspecified atom stereocenters. The highest BCUT2D eigenvalue weighted by Gasteiger charge is 2.17. The number of thiazole rings is 1. The number of hydrogen-bond acceptors (Lipinski definition) is 5. The summed E-state index contributed by atoms with van der Waals surface area (Å²) in [6, 6.07) is 22.5. The molecule has 0 spiro atoms. The van der Waals surface area contributed by atoms with E-state index in [-0.39, 0.29) is 11.5 Å². The van der Waals surface area contributed by atoms with Gasteiger partial charge in [0.25, 0.3) is 11.5 Å². The molecule has 7 heteroatoms. The van der Waals surface area contributed by atoms with Gasteiger partial charge in [-0.3, -0.25) is 14.2 Å². The third kappa shape index (κ3) is 5.07. The van der Waals surface area contributed by atoms with Gasteiger partial charge in [-0.1, -0.05) is 72.0 Å². The molecule has 0 saturated carbocycles. The van der Waals surface area contributed by atoms with Crippen molar-refractivity contribution in [3.8, 4) is 10.9 Å². The fraction of sp³-hybridized carbons (Fsp3) is 0.125. The van der Waals surface area contributed by atoms with Crippen molar-refractivity contribution in [3.05, 3.63) is 111 Å². The fourth-order valence-corrected chi connectivity index (χ4v) is 3.96. The van der Waals surface area contributed by atoms with E-state index in [9.17, 15) is 9.59 Å². The van der Waals surface area contributed by atoms with Crippen LogP contribution in [0.4, 0.5) is 0 Å². The number of ether oxygens (including phenoxy) is 1. The predicted octanol–water partition coefficient (Wildman–Crippen LogP) is 4.11. The zero-order chi connectivity index (χ0) is 21.6. The Balaban J connectivity index is 1.50. The molecule has 31 heavy (non-hydrogen) atoms. The summed E-state index contributed by atoms with van der Waals surface area (Å²) in [6.07, 6.45) is 1.61. The number of nitrogens with one attached hydrogen (secondary N) is 1. The first-order valence-electron chi connectivity index (χ1n) is 9.79. The van der Waals surface area contributed by atoms with Gasteiger partial charge in [0.2, 0.25) is 0 Å². The van der Waals surface area contributed by atoms with Gasteiger partial charge in [0.05, 0.1) is 11.9 Å². The van der Waals surface area contributed by atoms with Gasteiger partial charge in [0.1, 0.15) is 17.2 Å². The molecule has 156 valence electrons. The second kappa shape index (κ2) is 9.40. The molecule has 1 N–H and O–H groups in total. The van der Waals surface area contributed by atoms with Crippen molar-refractivity contribution in [2.75, 3.05) is 0 Å². The number of aryl methyl sites for hydroxylation is 1. The second-order valence-corrected chi connectivity index (χ2v) is 7.90. The standard InChI is InChI=1S/C24H21N3O3S/c1-17-22(23(29)25-14-18-8-4-2-5-9-18)31-24(26-17)27-15-20(12-13-21(27)28)30-16-19-10-6-3-7-11-19/h2-13,15H,14,16H2,1H3,(H,25,29). The Morgan fingerprint density at radius 2 is 1.68 bits per heavy atom. The zero-order valence-electron chi connectivity index (χ0n) is 16.9. The Hall–Kier alpha value is -3.71. The molecule has 6 nitrogen and oxygen atoms in total. The summed E-state index contributed by atoms with van der Waals surface area (Å²) in [5, 5.41) is 3.33. The van der Waals surface area contributed by atoms with E-state index in [1.807, 2.05) is 60.7 Å². The molecule has 0 radical (unpaired) electrons. The Morgan fingerprint density at radius 3 is 2.39 bits per heavy atom. The smallest absolute Gasteiger partial charge is 0.263 e. The number of pyridine rings is 1. The zero-order valence-corrected chi connectivity index (χ0v) is 17.8. The third-order valence-corrected chi connectivity index (χ3v) is 5.78. The van der Waals surface area contributed by atoms with Crippen LogP contribution in [0.2, 0.25) is 0 Å². The number of nitrogens with zero attached hydrogens (tertiary/aromatic N) is 2. The summed E-state index contributed by atoms with van der Waals surface area (Å²) < 4.78 is 7.23. The Bertz CT molecular complexity index is 1230. The molecular formula is C24H21N3O3S. The number of carbonyl (C=O) groups is 1. The average molecular weight is 432 g/mol. The summed E-state index contributed by atoms with van der Waals surface area (Å²) in [5.41, 5.74) is 2.38. The summed E-state index contributed by atoms with van der Waals surface area (Å²) >= 11 is 1.18. The maximum absolute atomic E-state index is 12.6. The first-order chi connectivity index (χ1) is 15.1. The van der Waals surface area contributed by atoms with Gasteiger partial charge >= 0.3 is 0 Å². The highest BCUT2D eigenvalue weighted by molar-refractivity contribution is 7.16. The molecule has 1 amide bonds.